The quantitative estimate of drug-likeness (QED) is 0.568. The van der Waals surface area contributed by atoms with Crippen LogP contribution in [0.1, 0.15) is 11.7 Å². The molecule has 0 saturated heterocycles. The van der Waals surface area contributed by atoms with Crippen LogP contribution in [0, 0.1) is 0 Å². The minimum Gasteiger partial charge on any atom is -0.478 e. The van der Waals surface area contributed by atoms with Crippen molar-refractivity contribution in [3.8, 4) is 0 Å². The molecule has 0 aromatic heterocycles. The summed E-state index contributed by atoms with van der Waals surface area (Å²) in [5.74, 6) is -1.10. The number of para-hydroxylation sites is 1. The standard InChI is InChI=1S/C7H7NO2/c8-6-4-2-1-3-5(6)7(9)10/h1-4H,8H2,(H,9,10)/i4D. The highest BCUT2D eigenvalue weighted by molar-refractivity contribution is 5.93. The van der Waals surface area contributed by atoms with Gasteiger partial charge in [-0.1, -0.05) is 12.1 Å². The monoisotopic (exact) mass is 138 g/mol. The van der Waals surface area contributed by atoms with Gasteiger partial charge >= 0.3 is 5.97 Å². The lowest BCUT2D eigenvalue weighted by molar-refractivity contribution is 0.0698. The van der Waals surface area contributed by atoms with Crippen molar-refractivity contribution in [3.05, 3.63) is 29.8 Å². The molecule has 0 aliphatic heterocycles. The van der Waals surface area contributed by atoms with Crippen LogP contribution < -0.4 is 5.73 Å². The molecule has 1 aromatic carbocycles. The van der Waals surface area contributed by atoms with Gasteiger partial charge in [0.1, 0.15) is 0 Å². The van der Waals surface area contributed by atoms with Crippen LogP contribution in [0.2, 0.25) is 0 Å². The Morgan fingerprint density at radius 3 is 2.90 bits per heavy atom. The van der Waals surface area contributed by atoms with E-state index in [-0.39, 0.29) is 17.3 Å². The molecule has 0 fully saturated rings. The number of nitrogens with two attached hydrogens (primary N) is 1. The van der Waals surface area contributed by atoms with Crippen LogP contribution in [0.4, 0.5) is 5.69 Å². The molecule has 0 atom stereocenters. The van der Waals surface area contributed by atoms with E-state index >= 15 is 0 Å². The summed E-state index contributed by atoms with van der Waals surface area (Å²) in [5, 5.41) is 8.53. The van der Waals surface area contributed by atoms with Gasteiger partial charge in [-0.2, -0.15) is 0 Å². The molecule has 52 valence electrons. The van der Waals surface area contributed by atoms with Gasteiger partial charge in [-0.3, -0.25) is 0 Å². The lowest BCUT2D eigenvalue weighted by Crippen LogP contribution is -2.00. The zero-order valence-corrected chi connectivity index (χ0v) is 5.16. The summed E-state index contributed by atoms with van der Waals surface area (Å²) in [6.45, 7) is 0. The van der Waals surface area contributed by atoms with Gasteiger partial charge in [0.2, 0.25) is 0 Å². The van der Waals surface area contributed by atoms with Gasteiger partial charge in [0.15, 0.2) is 0 Å². The second kappa shape index (κ2) is 2.39. The molecule has 0 radical (unpaired) electrons. The third-order valence-corrected chi connectivity index (χ3v) is 1.12. The first-order valence-electron chi connectivity index (χ1n) is 3.21. The predicted octanol–water partition coefficient (Wildman–Crippen LogP) is 0.967. The zero-order chi connectivity index (χ0) is 8.43. The highest BCUT2D eigenvalue weighted by atomic mass is 16.4. The van der Waals surface area contributed by atoms with Gasteiger partial charge < -0.3 is 10.8 Å². The minimum absolute atomic E-state index is 0.0139. The molecule has 3 N–H and O–H groups in total. The number of carboxylic acid groups (broad SMARTS) is 1. The van der Waals surface area contributed by atoms with Crippen molar-refractivity contribution in [1.82, 2.24) is 0 Å². The van der Waals surface area contributed by atoms with E-state index in [0.29, 0.717) is 0 Å². The number of carbonyl (C=O) groups is 1. The van der Waals surface area contributed by atoms with Gasteiger partial charge in [0, 0.05) is 5.69 Å². The van der Waals surface area contributed by atoms with E-state index in [0.717, 1.165) is 0 Å². The Hall–Kier alpha value is -1.51. The summed E-state index contributed by atoms with van der Waals surface area (Å²) in [7, 11) is 0. The first-order valence-corrected chi connectivity index (χ1v) is 2.71. The molecule has 0 heterocycles. The molecule has 3 nitrogen and oxygen atoms in total. The molecule has 0 spiro atoms. The molecule has 0 bridgehead atoms. The van der Waals surface area contributed by atoms with E-state index in [1.54, 1.807) is 0 Å². The zero-order valence-electron chi connectivity index (χ0n) is 6.16. The molecule has 0 amide bonds. The van der Waals surface area contributed by atoms with Crippen LogP contribution in [0.25, 0.3) is 0 Å². The Kier molecular flexibility index (Phi) is 1.26. The van der Waals surface area contributed by atoms with Crippen molar-refractivity contribution < 1.29 is 11.3 Å². The Morgan fingerprint density at radius 2 is 2.40 bits per heavy atom. The highest BCUT2D eigenvalue weighted by Crippen LogP contribution is 2.08. The molecule has 0 aliphatic carbocycles. The largest absolute Gasteiger partial charge is 0.478 e. The van der Waals surface area contributed by atoms with E-state index in [4.69, 9.17) is 12.2 Å². The molecule has 0 unspecified atom stereocenters. The number of nitrogen functional groups attached to an aromatic ring is 1. The summed E-state index contributed by atoms with van der Waals surface area (Å²) in [5.41, 5.74) is 5.31. The van der Waals surface area contributed by atoms with Crippen molar-refractivity contribution in [2.24, 2.45) is 0 Å². The number of aromatic carboxylic acids is 1. The maximum atomic E-state index is 10.4. The van der Waals surface area contributed by atoms with Crippen LogP contribution in [0.15, 0.2) is 24.2 Å². The normalized spacial score (nSPS) is 10.6. The summed E-state index contributed by atoms with van der Waals surface area (Å²) in [6, 6.07) is 4.35. The van der Waals surface area contributed by atoms with Gasteiger partial charge in [-0.25, -0.2) is 4.79 Å². The van der Waals surface area contributed by atoms with E-state index in [2.05, 4.69) is 0 Å². The third kappa shape index (κ3) is 1.07. The van der Waals surface area contributed by atoms with Crippen molar-refractivity contribution in [1.29, 1.82) is 0 Å². The number of hydrogen-bond donors (Lipinski definition) is 2. The summed E-state index contributed by atoms with van der Waals surface area (Å²) in [6.07, 6.45) is 0. The lowest BCUT2D eigenvalue weighted by Gasteiger charge is -1.96. The number of rotatable bonds is 1. The van der Waals surface area contributed by atoms with E-state index in [1.165, 1.54) is 18.2 Å². The number of anilines is 1. The molecule has 1 rings (SSSR count). The lowest BCUT2D eigenvalue weighted by atomic mass is 10.2. The first kappa shape index (κ1) is 5.29. The predicted molar refractivity (Wildman–Crippen MR) is 37.8 cm³/mol. The Balaban J connectivity index is 3.27. The summed E-state index contributed by atoms with van der Waals surface area (Å²) < 4.78 is 7.17. The van der Waals surface area contributed by atoms with Crippen LogP contribution in [-0.2, 0) is 0 Å². The van der Waals surface area contributed by atoms with Crippen molar-refractivity contribution in [2.75, 3.05) is 5.73 Å². The molecule has 0 aliphatic rings. The maximum absolute atomic E-state index is 10.4. The molecule has 3 heteroatoms. The fourth-order valence-electron chi connectivity index (χ4n) is 0.636. The Morgan fingerprint density at radius 1 is 1.70 bits per heavy atom. The highest BCUT2D eigenvalue weighted by Gasteiger charge is 2.03. The molecule has 10 heavy (non-hydrogen) atoms. The molecular formula is C7H7NO2. The van der Waals surface area contributed by atoms with Gasteiger partial charge in [-0.15, -0.1) is 0 Å². The van der Waals surface area contributed by atoms with E-state index in [9.17, 15) is 4.79 Å². The van der Waals surface area contributed by atoms with Gasteiger partial charge in [0.25, 0.3) is 0 Å². The second-order valence-corrected chi connectivity index (χ2v) is 1.80. The van der Waals surface area contributed by atoms with E-state index in [1.807, 2.05) is 0 Å². The topological polar surface area (TPSA) is 63.3 Å². The minimum atomic E-state index is -1.10. The second-order valence-electron chi connectivity index (χ2n) is 1.80. The summed E-state index contributed by atoms with van der Waals surface area (Å²) in [4.78, 5) is 10.4. The fourth-order valence-corrected chi connectivity index (χ4v) is 0.636. The average molecular weight is 138 g/mol. The van der Waals surface area contributed by atoms with Crippen molar-refractivity contribution >= 4 is 11.7 Å². The Labute approximate surface area is 59.5 Å². The number of benzene rings is 1. The third-order valence-electron chi connectivity index (χ3n) is 1.12. The SMILES string of the molecule is [2H]c1cccc(C(=O)O)c1N. The van der Waals surface area contributed by atoms with Crippen LogP contribution in [-0.4, -0.2) is 11.1 Å². The number of hydrogen-bond acceptors (Lipinski definition) is 2. The van der Waals surface area contributed by atoms with E-state index < -0.39 is 5.97 Å². The Bertz CT molecular complexity index is 298. The van der Waals surface area contributed by atoms with Gasteiger partial charge in [-0.05, 0) is 12.1 Å². The van der Waals surface area contributed by atoms with Crippen LogP contribution in [0.3, 0.4) is 0 Å². The fraction of sp³-hybridized carbons (Fsp3) is 0. The van der Waals surface area contributed by atoms with Crippen LogP contribution in [0.5, 0.6) is 0 Å². The molecule has 1 aromatic rings. The average Bonchev–Trinajstić information content (AvgIpc) is 1.94. The van der Waals surface area contributed by atoms with Crippen LogP contribution >= 0.6 is 0 Å². The molecule has 0 saturated carbocycles. The van der Waals surface area contributed by atoms with Crippen molar-refractivity contribution in [2.45, 2.75) is 0 Å². The summed E-state index contributed by atoms with van der Waals surface area (Å²) >= 11 is 0. The number of carboxylic acids is 1. The smallest absolute Gasteiger partial charge is 0.337 e. The maximum Gasteiger partial charge on any atom is 0.337 e. The van der Waals surface area contributed by atoms with Crippen molar-refractivity contribution in [3.63, 3.8) is 0 Å². The molecular weight excluding hydrogens is 130 g/mol. The first-order chi connectivity index (χ1) is 5.13. The van der Waals surface area contributed by atoms with Gasteiger partial charge in [0.05, 0.1) is 6.93 Å².